The van der Waals surface area contributed by atoms with Crippen LogP contribution in [0.25, 0.3) is 0 Å². The maximum atomic E-state index is 10.6. The number of ether oxygens (including phenoxy) is 1. The highest BCUT2D eigenvalue weighted by Crippen LogP contribution is 2.41. The molecule has 2 aromatic rings. The number of benzene rings is 1. The molecule has 0 unspecified atom stereocenters. The molecule has 1 aromatic carbocycles. The molecule has 3 heterocycles. The number of nitrogens with zero attached hydrogens (tertiary/aromatic N) is 2. The Morgan fingerprint density at radius 1 is 0.850 bits per heavy atom. The van der Waals surface area contributed by atoms with E-state index in [-0.39, 0.29) is 0 Å². The van der Waals surface area contributed by atoms with Crippen molar-refractivity contribution >= 4 is 23.3 Å². The molecule has 0 atom stereocenters. The van der Waals surface area contributed by atoms with Gasteiger partial charge in [0, 0.05) is 18.0 Å². The average Bonchev–Trinajstić information content (AvgIpc) is 3.40. The number of rotatable bonds is 5. The molecule has 2 aliphatic rings. The summed E-state index contributed by atoms with van der Waals surface area (Å²) in [5.74, 6) is -4.55. The number of thiophene rings is 1. The van der Waals surface area contributed by atoms with Gasteiger partial charge in [-0.1, -0.05) is 18.2 Å². The highest BCUT2D eigenvalue weighted by atomic mass is 32.1. The lowest BCUT2D eigenvalue weighted by molar-refractivity contribution is -0.193. The first-order valence-corrected chi connectivity index (χ1v) is 13.2. The van der Waals surface area contributed by atoms with E-state index in [1.807, 2.05) is 17.4 Å². The molecule has 14 heteroatoms. The molecule has 1 spiro atoms. The van der Waals surface area contributed by atoms with E-state index in [4.69, 9.17) is 24.5 Å². The summed E-state index contributed by atoms with van der Waals surface area (Å²) in [5.41, 5.74) is 1.97. The number of piperidine rings is 2. The van der Waals surface area contributed by atoms with Crippen molar-refractivity contribution in [1.82, 2.24) is 9.80 Å². The Bertz CT molecular complexity index is 1040. The Balaban J connectivity index is 0.000000333. The van der Waals surface area contributed by atoms with Crippen LogP contribution in [-0.4, -0.2) is 77.6 Å². The maximum Gasteiger partial charge on any atom is 0.490 e. The van der Waals surface area contributed by atoms with Crippen molar-refractivity contribution in [2.75, 3.05) is 33.3 Å². The summed E-state index contributed by atoms with van der Waals surface area (Å²) < 4.78 is 68.8. The molecule has 224 valence electrons. The zero-order valence-corrected chi connectivity index (χ0v) is 22.6. The van der Waals surface area contributed by atoms with E-state index in [0.717, 1.165) is 18.8 Å². The number of alkyl halides is 6. The molecule has 0 radical (unpaired) electrons. The first-order valence-electron chi connectivity index (χ1n) is 12.3. The number of hydrogen-bond acceptors (Lipinski definition) is 6. The second kappa shape index (κ2) is 14.7. The summed E-state index contributed by atoms with van der Waals surface area (Å²) in [5, 5.41) is 16.4. The van der Waals surface area contributed by atoms with Gasteiger partial charge in [0.2, 0.25) is 0 Å². The summed E-state index contributed by atoms with van der Waals surface area (Å²) in [6, 6.07) is 13.0. The van der Waals surface area contributed by atoms with Crippen LogP contribution < -0.4 is 4.74 Å². The summed E-state index contributed by atoms with van der Waals surface area (Å²) in [4.78, 5) is 24.6. The van der Waals surface area contributed by atoms with Gasteiger partial charge >= 0.3 is 24.3 Å². The van der Waals surface area contributed by atoms with E-state index in [9.17, 15) is 26.3 Å². The highest BCUT2D eigenvalue weighted by molar-refractivity contribution is 7.09. The number of likely N-dealkylation sites (tertiary alicyclic amines) is 2. The lowest BCUT2D eigenvalue weighted by atomic mass is 9.71. The van der Waals surface area contributed by atoms with E-state index in [1.54, 1.807) is 7.11 Å². The molecular weight excluding hydrogens is 566 g/mol. The van der Waals surface area contributed by atoms with Crippen LogP contribution >= 0.6 is 11.3 Å². The van der Waals surface area contributed by atoms with Crippen LogP contribution in [0.15, 0.2) is 41.8 Å². The fraction of sp³-hybridized carbons (Fsp3) is 0.538. The van der Waals surface area contributed by atoms with Crippen LogP contribution in [0.5, 0.6) is 5.75 Å². The van der Waals surface area contributed by atoms with E-state index >= 15 is 0 Å². The molecule has 2 N–H and O–H groups in total. The van der Waals surface area contributed by atoms with Crippen molar-refractivity contribution in [2.45, 2.75) is 51.1 Å². The van der Waals surface area contributed by atoms with E-state index in [1.165, 1.54) is 62.3 Å². The minimum absolute atomic E-state index is 0.608. The monoisotopic (exact) mass is 598 g/mol. The summed E-state index contributed by atoms with van der Waals surface area (Å²) in [6.07, 6.45) is -4.68. The van der Waals surface area contributed by atoms with Gasteiger partial charge in [0.15, 0.2) is 0 Å². The second-order valence-corrected chi connectivity index (χ2v) is 10.6. The lowest BCUT2D eigenvalue weighted by Crippen LogP contribution is -2.46. The smallest absolute Gasteiger partial charge is 0.490 e. The van der Waals surface area contributed by atoms with Crippen LogP contribution in [0, 0.1) is 5.41 Å². The molecule has 4 rings (SSSR count). The van der Waals surface area contributed by atoms with Gasteiger partial charge in [-0.25, -0.2) is 9.59 Å². The maximum absolute atomic E-state index is 10.6. The van der Waals surface area contributed by atoms with Crippen LogP contribution in [0.4, 0.5) is 26.3 Å². The molecule has 0 aliphatic carbocycles. The Morgan fingerprint density at radius 2 is 1.32 bits per heavy atom. The fourth-order valence-corrected chi connectivity index (χ4v) is 5.27. The van der Waals surface area contributed by atoms with Gasteiger partial charge < -0.3 is 14.9 Å². The average molecular weight is 599 g/mol. The number of carbonyl (C=O) groups is 2. The summed E-state index contributed by atoms with van der Waals surface area (Å²) in [6.45, 7) is 7.22. The topological polar surface area (TPSA) is 90.3 Å². The van der Waals surface area contributed by atoms with Gasteiger partial charge in [0.05, 0.1) is 7.11 Å². The SMILES string of the molecule is COc1cccc(CN2CCC3(CC2)CCN(Cc2cccs2)CC3)c1.O=C(O)C(F)(F)F.O=C(O)C(F)(F)F. The normalized spacial score (nSPS) is 17.7. The number of halogens is 6. The zero-order valence-electron chi connectivity index (χ0n) is 21.8. The van der Waals surface area contributed by atoms with Gasteiger partial charge in [-0.3, -0.25) is 9.80 Å². The fourth-order valence-electron chi connectivity index (χ4n) is 4.52. The van der Waals surface area contributed by atoms with Crippen molar-refractivity contribution in [1.29, 1.82) is 0 Å². The van der Waals surface area contributed by atoms with Gasteiger partial charge in [0.1, 0.15) is 5.75 Å². The van der Waals surface area contributed by atoms with Gasteiger partial charge in [-0.2, -0.15) is 26.3 Å². The molecule has 1 aromatic heterocycles. The molecule has 40 heavy (non-hydrogen) atoms. The van der Waals surface area contributed by atoms with Crippen LogP contribution in [-0.2, 0) is 22.7 Å². The second-order valence-electron chi connectivity index (χ2n) is 9.59. The predicted molar refractivity (Wildman–Crippen MR) is 136 cm³/mol. The Hall–Kier alpha value is -2.84. The molecule has 0 amide bonds. The number of carboxylic acids is 2. The van der Waals surface area contributed by atoms with Crippen LogP contribution in [0.3, 0.4) is 0 Å². The van der Waals surface area contributed by atoms with E-state index < -0.39 is 24.3 Å². The minimum atomic E-state index is -5.08. The molecule has 0 saturated carbocycles. The van der Waals surface area contributed by atoms with Crippen molar-refractivity contribution in [3.05, 3.63) is 52.2 Å². The van der Waals surface area contributed by atoms with Crippen molar-refractivity contribution < 1.29 is 50.9 Å². The Labute approximate surface area is 232 Å². The molecular formula is C26H32F6N2O5S. The van der Waals surface area contributed by atoms with E-state index in [0.29, 0.717) is 5.41 Å². The molecule has 2 aliphatic heterocycles. The zero-order chi connectivity index (χ0) is 30.0. The Kier molecular flexibility index (Phi) is 12.3. The largest absolute Gasteiger partial charge is 0.497 e. The first kappa shape index (κ1) is 33.4. The van der Waals surface area contributed by atoms with Gasteiger partial charge in [0.25, 0.3) is 0 Å². The number of aliphatic carboxylic acids is 2. The van der Waals surface area contributed by atoms with Crippen LogP contribution in [0.2, 0.25) is 0 Å². The van der Waals surface area contributed by atoms with Gasteiger partial charge in [-0.05, 0) is 86.4 Å². The first-order chi connectivity index (χ1) is 18.6. The molecule has 7 nitrogen and oxygen atoms in total. The van der Waals surface area contributed by atoms with Crippen molar-refractivity contribution in [2.24, 2.45) is 5.41 Å². The third kappa shape index (κ3) is 11.3. The summed E-state index contributed by atoms with van der Waals surface area (Å²) >= 11 is 1.89. The quantitative estimate of drug-likeness (QED) is 0.414. The number of methoxy groups -OCH3 is 1. The molecule has 0 bridgehead atoms. The van der Waals surface area contributed by atoms with Crippen LogP contribution in [0.1, 0.15) is 36.1 Å². The third-order valence-corrected chi connectivity index (χ3v) is 7.68. The van der Waals surface area contributed by atoms with Gasteiger partial charge in [-0.15, -0.1) is 11.3 Å². The predicted octanol–water partition coefficient (Wildman–Crippen LogP) is 5.90. The Morgan fingerprint density at radius 3 is 1.73 bits per heavy atom. The lowest BCUT2D eigenvalue weighted by Gasteiger charge is -2.47. The number of carboxylic acid groups (broad SMARTS) is 2. The highest BCUT2D eigenvalue weighted by Gasteiger charge is 2.39. The molecule has 2 saturated heterocycles. The number of hydrogen-bond donors (Lipinski definition) is 2. The standard InChI is InChI=1S/C22H30N2OS.2C2HF3O2/c1-25-20-5-2-4-19(16-20)17-23-11-7-22(8-12-23)9-13-24(14-10-22)18-21-6-3-15-26-21;2*3-2(4,5)1(6)7/h2-6,15-16H,7-14,17-18H2,1H3;2*(H,6,7). The molecule has 2 fully saturated rings. The minimum Gasteiger partial charge on any atom is -0.497 e. The summed E-state index contributed by atoms with van der Waals surface area (Å²) in [7, 11) is 1.74. The van der Waals surface area contributed by atoms with E-state index in [2.05, 4.69) is 45.5 Å². The third-order valence-electron chi connectivity index (χ3n) is 6.82. The van der Waals surface area contributed by atoms with Crippen molar-refractivity contribution in [3.8, 4) is 5.75 Å². The van der Waals surface area contributed by atoms with Crippen molar-refractivity contribution in [3.63, 3.8) is 0 Å².